The van der Waals surface area contributed by atoms with Crippen LogP contribution in [0.4, 0.5) is 0 Å². The second-order valence-corrected chi connectivity index (χ2v) is 5.84. The minimum atomic E-state index is -0.456. The molecule has 0 radical (unpaired) electrons. The molecule has 1 aliphatic carbocycles. The predicted molar refractivity (Wildman–Crippen MR) is 73.5 cm³/mol. The van der Waals surface area contributed by atoms with Crippen LogP contribution in [-0.4, -0.2) is 33.0 Å². The lowest BCUT2D eigenvalue weighted by atomic mass is 10.0. The molecule has 3 N–H and O–H groups in total. The van der Waals surface area contributed by atoms with Crippen LogP contribution in [0.3, 0.4) is 0 Å². The van der Waals surface area contributed by atoms with Gasteiger partial charge in [0.1, 0.15) is 0 Å². The standard InChI is InChI=1S/C11H15IN2O4/c12-8-3-14(11(18)13-10(8)17)9-2-6(4-15)1-7(9)5-16/h3,6-7,9,15-16H,1-2,4-5H2,(H,13,17,18)/t6-,7-,9-/m1/s1. The van der Waals surface area contributed by atoms with E-state index in [2.05, 4.69) is 4.98 Å². The van der Waals surface area contributed by atoms with E-state index in [1.54, 1.807) is 0 Å². The van der Waals surface area contributed by atoms with Crippen LogP contribution in [0.2, 0.25) is 0 Å². The smallest absolute Gasteiger partial charge is 0.328 e. The number of aliphatic hydroxyl groups excluding tert-OH is 2. The maximum atomic E-state index is 11.8. The van der Waals surface area contributed by atoms with E-state index in [4.69, 9.17) is 0 Å². The second kappa shape index (κ2) is 5.54. The normalized spacial score (nSPS) is 27.6. The second-order valence-electron chi connectivity index (χ2n) is 4.67. The lowest BCUT2D eigenvalue weighted by Crippen LogP contribution is -2.35. The van der Waals surface area contributed by atoms with Crippen LogP contribution in [-0.2, 0) is 0 Å². The lowest BCUT2D eigenvalue weighted by molar-refractivity contribution is 0.187. The minimum Gasteiger partial charge on any atom is -0.396 e. The molecule has 6 nitrogen and oxygen atoms in total. The minimum absolute atomic E-state index is 0.0245. The van der Waals surface area contributed by atoms with Crippen LogP contribution < -0.4 is 11.2 Å². The van der Waals surface area contributed by atoms with Gasteiger partial charge in [-0.1, -0.05) is 0 Å². The largest absolute Gasteiger partial charge is 0.396 e. The van der Waals surface area contributed by atoms with Crippen LogP contribution in [0.25, 0.3) is 0 Å². The number of nitrogens with one attached hydrogen (secondary N) is 1. The summed E-state index contributed by atoms with van der Waals surface area (Å²) in [5, 5.41) is 18.5. The fourth-order valence-electron chi connectivity index (χ4n) is 2.61. The van der Waals surface area contributed by atoms with Gasteiger partial charge >= 0.3 is 5.69 Å². The highest BCUT2D eigenvalue weighted by Gasteiger charge is 2.35. The molecule has 0 aromatic carbocycles. The molecule has 1 saturated carbocycles. The van der Waals surface area contributed by atoms with E-state index in [0.29, 0.717) is 16.4 Å². The fraction of sp³-hybridized carbons (Fsp3) is 0.636. The quantitative estimate of drug-likeness (QED) is 0.640. The van der Waals surface area contributed by atoms with E-state index in [1.807, 2.05) is 22.6 Å². The van der Waals surface area contributed by atoms with Gasteiger partial charge in [0, 0.05) is 31.4 Å². The molecule has 0 bridgehead atoms. The van der Waals surface area contributed by atoms with Crippen LogP contribution in [0.5, 0.6) is 0 Å². The summed E-state index contributed by atoms with van der Waals surface area (Å²) in [7, 11) is 0. The monoisotopic (exact) mass is 366 g/mol. The number of rotatable bonds is 3. The van der Waals surface area contributed by atoms with Crippen LogP contribution in [0, 0.1) is 15.4 Å². The van der Waals surface area contributed by atoms with Crippen LogP contribution in [0.1, 0.15) is 18.9 Å². The van der Waals surface area contributed by atoms with Crippen molar-refractivity contribution in [3.63, 3.8) is 0 Å². The molecule has 0 unspecified atom stereocenters. The molecule has 0 aliphatic heterocycles. The topological polar surface area (TPSA) is 95.3 Å². The number of hydrogen-bond donors (Lipinski definition) is 3. The fourth-order valence-corrected chi connectivity index (χ4v) is 3.04. The number of aliphatic hydroxyl groups is 2. The Labute approximate surface area is 117 Å². The molecule has 1 fully saturated rings. The molecule has 7 heteroatoms. The average Bonchev–Trinajstić information content (AvgIpc) is 2.77. The number of halogens is 1. The summed E-state index contributed by atoms with van der Waals surface area (Å²) in [4.78, 5) is 25.4. The van der Waals surface area contributed by atoms with Crippen LogP contribution >= 0.6 is 22.6 Å². The first-order valence-electron chi connectivity index (χ1n) is 5.79. The molecule has 1 aromatic rings. The van der Waals surface area contributed by atoms with Gasteiger partial charge in [-0.15, -0.1) is 0 Å². The summed E-state index contributed by atoms with van der Waals surface area (Å²) < 4.78 is 1.91. The van der Waals surface area contributed by atoms with Gasteiger partial charge in [0.2, 0.25) is 0 Å². The van der Waals surface area contributed by atoms with Gasteiger partial charge in [0.05, 0.1) is 3.57 Å². The third-order valence-electron chi connectivity index (χ3n) is 3.53. The molecule has 0 spiro atoms. The van der Waals surface area contributed by atoms with Crippen molar-refractivity contribution in [2.24, 2.45) is 11.8 Å². The summed E-state index contributed by atoms with van der Waals surface area (Å²) >= 11 is 1.87. The highest BCUT2D eigenvalue weighted by atomic mass is 127. The lowest BCUT2D eigenvalue weighted by Gasteiger charge is -2.19. The Bertz CT molecular complexity index is 539. The van der Waals surface area contributed by atoms with E-state index in [0.717, 1.165) is 0 Å². The van der Waals surface area contributed by atoms with Gasteiger partial charge in [-0.3, -0.25) is 14.3 Å². The molecule has 1 aliphatic rings. The summed E-state index contributed by atoms with van der Waals surface area (Å²) in [5.74, 6) is 0.0465. The van der Waals surface area contributed by atoms with Crippen LogP contribution in [0.15, 0.2) is 15.8 Å². The van der Waals surface area contributed by atoms with E-state index >= 15 is 0 Å². The predicted octanol–water partition coefficient (Wildman–Crippen LogP) is -0.307. The first kappa shape index (κ1) is 13.8. The van der Waals surface area contributed by atoms with Crippen molar-refractivity contribution in [2.75, 3.05) is 13.2 Å². The van der Waals surface area contributed by atoms with E-state index in [9.17, 15) is 19.8 Å². The average molecular weight is 366 g/mol. The molecular formula is C11H15IN2O4. The number of H-pyrrole nitrogens is 1. The number of aromatic amines is 1. The van der Waals surface area contributed by atoms with Crippen molar-refractivity contribution in [3.05, 3.63) is 30.6 Å². The van der Waals surface area contributed by atoms with E-state index < -0.39 is 11.2 Å². The van der Waals surface area contributed by atoms with Crippen molar-refractivity contribution in [1.82, 2.24) is 9.55 Å². The number of hydrogen-bond acceptors (Lipinski definition) is 4. The molecular weight excluding hydrogens is 351 g/mol. The Hall–Kier alpha value is -0.670. The zero-order valence-corrected chi connectivity index (χ0v) is 11.8. The number of aromatic nitrogens is 2. The summed E-state index contributed by atoms with van der Waals surface area (Å²) in [6.45, 7) is 0.0332. The SMILES string of the molecule is O=c1[nH]c(=O)n([C@@H]2C[C@H](CO)C[C@@H]2CO)cc1I. The first-order valence-corrected chi connectivity index (χ1v) is 6.87. The van der Waals surface area contributed by atoms with E-state index in [1.165, 1.54) is 10.8 Å². The zero-order chi connectivity index (χ0) is 13.3. The summed E-state index contributed by atoms with van der Waals surface area (Å²) in [5.41, 5.74) is -0.850. The number of nitrogens with zero attached hydrogens (tertiary/aromatic N) is 1. The molecule has 1 heterocycles. The van der Waals surface area contributed by atoms with Crippen molar-refractivity contribution in [3.8, 4) is 0 Å². The third kappa shape index (κ3) is 2.52. The van der Waals surface area contributed by atoms with Gasteiger partial charge in [0.15, 0.2) is 0 Å². The highest BCUT2D eigenvalue weighted by molar-refractivity contribution is 14.1. The Morgan fingerprint density at radius 1 is 1.33 bits per heavy atom. The van der Waals surface area contributed by atoms with Gasteiger partial charge in [0.25, 0.3) is 5.56 Å². The first-order chi connectivity index (χ1) is 8.56. The summed E-state index contributed by atoms with van der Waals surface area (Å²) in [6.07, 6.45) is 2.86. The van der Waals surface area contributed by atoms with Gasteiger partial charge in [-0.25, -0.2) is 4.79 Å². The maximum absolute atomic E-state index is 11.8. The zero-order valence-electron chi connectivity index (χ0n) is 9.67. The Kier molecular flexibility index (Phi) is 4.23. The third-order valence-corrected chi connectivity index (χ3v) is 4.30. The van der Waals surface area contributed by atoms with Crippen molar-refractivity contribution < 1.29 is 10.2 Å². The molecule has 1 aromatic heterocycles. The molecule has 0 saturated heterocycles. The molecule has 0 amide bonds. The highest BCUT2D eigenvalue weighted by Crippen LogP contribution is 2.38. The molecule has 100 valence electrons. The van der Waals surface area contributed by atoms with Gasteiger partial charge < -0.3 is 10.2 Å². The Morgan fingerprint density at radius 2 is 2.06 bits per heavy atom. The van der Waals surface area contributed by atoms with Crippen molar-refractivity contribution in [1.29, 1.82) is 0 Å². The Morgan fingerprint density at radius 3 is 2.67 bits per heavy atom. The maximum Gasteiger partial charge on any atom is 0.328 e. The molecule has 18 heavy (non-hydrogen) atoms. The van der Waals surface area contributed by atoms with Gasteiger partial charge in [-0.05, 0) is 41.4 Å². The molecule has 2 rings (SSSR count). The van der Waals surface area contributed by atoms with Gasteiger partial charge in [-0.2, -0.15) is 0 Å². The van der Waals surface area contributed by atoms with Crippen molar-refractivity contribution >= 4 is 22.6 Å². The van der Waals surface area contributed by atoms with E-state index in [-0.39, 0.29) is 31.1 Å². The summed E-state index contributed by atoms with van der Waals surface area (Å²) in [6, 6.07) is -0.162. The van der Waals surface area contributed by atoms with Crippen molar-refractivity contribution in [2.45, 2.75) is 18.9 Å². The molecule has 3 atom stereocenters. The Balaban J connectivity index is 2.39.